The van der Waals surface area contributed by atoms with Crippen molar-refractivity contribution in [3.8, 4) is 5.69 Å². The summed E-state index contributed by atoms with van der Waals surface area (Å²) >= 11 is 0. The number of hydrogen-bond donors (Lipinski definition) is 3. The first kappa shape index (κ1) is 17.5. The lowest BCUT2D eigenvalue weighted by Gasteiger charge is -2.09. The Morgan fingerprint density at radius 1 is 0.964 bits per heavy atom. The highest BCUT2D eigenvalue weighted by Crippen LogP contribution is 2.18. The number of aromatic nitrogens is 3. The van der Waals surface area contributed by atoms with E-state index in [1.54, 1.807) is 10.9 Å². The zero-order valence-corrected chi connectivity index (χ0v) is 15.3. The van der Waals surface area contributed by atoms with Gasteiger partial charge in [0.2, 0.25) is 0 Å². The maximum absolute atomic E-state index is 12.6. The molecule has 2 aromatic heterocycles. The van der Waals surface area contributed by atoms with Gasteiger partial charge in [-0.1, -0.05) is 43.3 Å². The molecule has 2 amide bonds. The summed E-state index contributed by atoms with van der Waals surface area (Å²) in [5.74, 6) is -0.800. The Labute approximate surface area is 161 Å². The van der Waals surface area contributed by atoms with Gasteiger partial charge in [0.1, 0.15) is 0 Å². The first-order valence-electron chi connectivity index (χ1n) is 8.98. The van der Waals surface area contributed by atoms with Crippen molar-refractivity contribution < 1.29 is 9.59 Å². The molecule has 0 unspecified atom stereocenters. The second-order valence-corrected chi connectivity index (χ2v) is 6.26. The average molecular weight is 373 g/mol. The molecule has 0 atom stereocenters. The number of aromatic amines is 1. The molecule has 0 saturated heterocycles. The SMILES string of the molecule is CCc1c(C(=O)NNC(=O)c2c[nH]c3ccccc23)cnn1-c1ccccc1. The number of benzene rings is 2. The van der Waals surface area contributed by atoms with E-state index in [4.69, 9.17) is 0 Å². The molecule has 7 heteroatoms. The van der Waals surface area contributed by atoms with E-state index in [0.29, 0.717) is 17.5 Å². The van der Waals surface area contributed by atoms with Crippen molar-refractivity contribution in [1.29, 1.82) is 0 Å². The monoisotopic (exact) mass is 373 g/mol. The zero-order chi connectivity index (χ0) is 19.5. The fraction of sp³-hybridized carbons (Fsp3) is 0.0952. The average Bonchev–Trinajstić information content (AvgIpc) is 3.36. The lowest BCUT2D eigenvalue weighted by Crippen LogP contribution is -2.41. The molecule has 4 aromatic rings. The number of rotatable bonds is 4. The van der Waals surface area contributed by atoms with Gasteiger partial charge in [-0.05, 0) is 24.6 Å². The highest BCUT2D eigenvalue weighted by molar-refractivity contribution is 6.07. The van der Waals surface area contributed by atoms with Crippen molar-refractivity contribution in [1.82, 2.24) is 25.6 Å². The van der Waals surface area contributed by atoms with E-state index in [-0.39, 0.29) is 5.91 Å². The molecular formula is C21H19N5O2. The van der Waals surface area contributed by atoms with Gasteiger partial charge in [0.25, 0.3) is 11.8 Å². The van der Waals surface area contributed by atoms with E-state index in [1.165, 1.54) is 6.20 Å². The Bertz CT molecular complexity index is 1140. The van der Waals surface area contributed by atoms with E-state index >= 15 is 0 Å². The number of nitrogens with one attached hydrogen (secondary N) is 3. The van der Waals surface area contributed by atoms with Crippen LogP contribution in [0.3, 0.4) is 0 Å². The number of hydrazine groups is 1. The van der Waals surface area contributed by atoms with Crippen LogP contribution in [0.4, 0.5) is 0 Å². The molecule has 2 aromatic carbocycles. The molecule has 0 aliphatic heterocycles. The molecule has 28 heavy (non-hydrogen) atoms. The fourth-order valence-electron chi connectivity index (χ4n) is 3.20. The lowest BCUT2D eigenvalue weighted by atomic mass is 10.1. The van der Waals surface area contributed by atoms with Crippen molar-refractivity contribution in [3.63, 3.8) is 0 Å². The van der Waals surface area contributed by atoms with Gasteiger partial charge in [-0.15, -0.1) is 0 Å². The molecule has 0 spiro atoms. The Morgan fingerprint density at radius 2 is 1.64 bits per heavy atom. The van der Waals surface area contributed by atoms with Gasteiger partial charge in [-0.3, -0.25) is 20.4 Å². The van der Waals surface area contributed by atoms with Gasteiger partial charge in [-0.2, -0.15) is 5.10 Å². The Hall–Kier alpha value is -3.87. The number of H-pyrrole nitrogens is 1. The lowest BCUT2D eigenvalue weighted by molar-refractivity contribution is 0.0847. The van der Waals surface area contributed by atoms with Crippen LogP contribution in [0.1, 0.15) is 33.3 Å². The molecule has 140 valence electrons. The maximum Gasteiger partial charge on any atom is 0.273 e. The number of nitrogens with zero attached hydrogens (tertiary/aromatic N) is 2. The first-order chi connectivity index (χ1) is 13.7. The van der Waals surface area contributed by atoms with Crippen LogP contribution < -0.4 is 10.9 Å². The van der Waals surface area contributed by atoms with Crippen molar-refractivity contribution in [2.75, 3.05) is 0 Å². The third-order valence-corrected chi connectivity index (χ3v) is 4.57. The van der Waals surface area contributed by atoms with E-state index < -0.39 is 5.91 Å². The Morgan fingerprint density at radius 3 is 2.39 bits per heavy atom. The highest BCUT2D eigenvalue weighted by atomic mass is 16.2. The summed E-state index contributed by atoms with van der Waals surface area (Å²) in [5, 5.41) is 5.13. The minimum absolute atomic E-state index is 0.390. The van der Waals surface area contributed by atoms with Crippen LogP contribution >= 0.6 is 0 Å². The standard InChI is InChI=1S/C21H19N5O2/c1-2-19-17(13-23-26(19)14-8-4-3-5-9-14)21(28)25-24-20(27)16-12-22-18-11-7-6-10-15(16)18/h3-13,22H,2H2,1H3,(H,24,27)(H,25,28). The van der Waals surface area contributed by atoms with E-state index in [2.05, 4.69) is 20.9 Å². The molecule has 0 fully saturated rings. The minimum atomic E-state index is -0.410. The molecule has 0 bridgehead atoms. The third kappa shape index (κ3) is 3.14. The summed E-state index contributed by atoms with van der Waals surface area (Å²) in [7, 11) is 0. The largest absolute Gasteiger partial charge is 0.360 e. The van der Waals surface area contributed by atoms with Crippen molar-refractivity contribution in [2.24, 2.45) is 0 Å². The number of para-hydroxylation sites is 2. The second-order valence-electron chi connectivity index (χ2n) is 6.26. The van der Waals surface area contributed by atoms with Crippen LogP contribution in [0.5, 0.6) is 0 Å². The Kier molecular flexibility index (Phi) is 4.63. The Balaban J connectivity index is 1.51. The maximum atomic E-state index is 12.6. The number of fused-ring (bicyclic) bond motifs is 1. The van der Waals surface area contributed by atoms with Crippen molar-refractivity contribution in [3.05, 3.63) is 83.8 Å². The predicted molar refractivity (Wildman–Crippen MR) is 106 cm³/mol. The van der Waals surface area contributed by atoms with E-state index in [1.807, 2.05) is 61.5 Å². The number of carbonyl (C=O) groups excluding carboxylic acids is 2. The molecule has 4 rings (SSSR count). The van der Waals surface area contributed by atoms with Crippen molar-refractivity contribution >= 4 is 22.7 Å². The summed E-state index contributed by atoms with van der Waals surface area (Å²) < 4.78 is 1.73. The summed E-state index contributed by atoms with van der Waals surface area (Å²) in [5.41, 5.74) is 8.35. The molecule has 0 aliphatic carbocycles. The molecule has 7 nitrogen and oxygen atoms in total. The number of hydrogen-bond acceptors (Lipinski definition) is 3. The highest BCUT2D eigenvalue weighted by Gasteiger charge is 2.18. The number of amides is 2. The topological polar surface area (TPSA) is 91.8 Å². The van der Waals surface area contributed by atoms with Gasteiger partial charge in [0, 0.05) is 17.1 Å². The molecule has 0 aliphatic rings. The van der Waals surface area contributed by atoms with Crippen LogP contribution in [0, 0.1) is 0 Å². The van der Waals surface area contributed by atoms with Gasteiger partial charge < -0.3 is 4.98 Å². The van der Waals surface area contributed by atoms with Crippen LogP contribution in [-0.2, 0) is 6.42 Å². The molecule has 2 heterocycles. The van der Waals surface area contributed by atoms with Crippen LogP contribution in [-0.4, -0.2) is 26.6 Å². The van der Waals surface area contributed by atoms with Gasteiger partial charge >= 0.3 is 0 Å². The van der Waals surface area contributed by atoms with Gasteiger partial charge in [-0.25, -0.2) is 4.68 Å². The summed E-state index contributed by atoms with van der Waals surface area (Å²) in [4.78, 5) is 28.1. The predicted octanol–water partition coefficient (Wildman–Crippen LogP) is 2.99. The fourth-order valence-corrected chi connectivity index (χ4v) is 3.20. The second kappa shape index (κ2) is 7.40. The first-order valence-corrected chi connectivity index (χ1v) is 8.98. The summed E-state index contributed by atoms with van der Waals surface area (Å²) in [6, 6.07) is 17.1. The minimum Gasteiger partial charge on any atom is -0.360 e. The molecule has 3 N–H and O–H groups in total. The summed E-state index contributed by atoms with van der Waals surface area (Å²) in [6.45, 7) is 1.96. The number of carbonyl (C=O) groups is 2. The summed E-state index contributed by atoms with van der Waals surface area (Å²) in [6.07, 6.45) is 3.75. The molecule has 0 radical (unpaired) electrons. The third-order valence-electron chi connectivity index (χ3n) is 4.57. The van der Waals surface area contributed by atoms with Gasteiger partial charge in [0.15, 0.2) is 0 Å². The zero-order valence-electron chi connectivity index (χ0n) is 15.3. The molecule has 0 saturated carbocycles. The van der Waals surface area contributed by atoms with Crippen LogP contribution in [0.25, 0.3) is 16.6 Å². The van der Waals surface area contributed by atoms with E-state index in [0.717, 1.165) is 22.3 Å². The van der Waals surface area contributed by atoms with Crippen molar-refractivity contribution in [2.45, 2.75) is 13.3 Å². The smallest absolute Gasteiger partial charge is 0.273 e. The quantitative estimate of drug-likeness (QED) is 0.480. The normalized spacial score (nSPS) is 10.8. The van der Waals surface area contributed by atoms with E-state index in [9.17, 15) is 9.59 Å². The molecular weight excluding hydrogens is 354 g/mol. The van der Waals surface area contributed by atoms with Crippen LogP contribution in [0.2, 0.25) is 0 Å². The van der Waals surface area contributed by atoms with Crippen LogP contribution in [0.15, 0.2) is 67.0 Å². The van der Waals surface area contributed by atoms with Gasteiger partial charge in [0.05, 0.1) is 28.7 Å².